The zero-order chi connectivity index (χ0) is 23.5. The number of benzene rings is 2. The normalized spacial score (nSPS) is 18.9. The third kappa shape index (κ3) is 4.57. The van der Waals surface area contributed by atoms with Crippen molar-refractivity contribution >= 4 is 34.9 Å². The lowest BCUT2D eigenvalue weighted by Crippen LogP contribution is -2.55. The number of nitrogen functional groups attached to an aromatic ring is 1. The van der Waals surface area contributed by atoms with E-state index in [4.69, 9.17) is 15.9 Å². The molecule has 2 heterocycles. The van der Waals surface area contributed by atoms with Gasteiger partial charge >= 0.3 is 0 Å². The fraction of sp³-hybridized carbons (Fsp3) is 0.304. The van der Waals surface area contributed by atoms with E-state index >= 15 is 0 Å². The summed E-state index contributed by atoms with van der Waals surface area (Å²) in [5, 5.41) is 20.7. The van der Waals surface area contributed by atoms with Crippen LogP contribution in [0.4, 0.5) is 11.4 Å². The average Bonchev–Trinajstić information content (AvgIpc) is 2.78. The summed E-state index contributed by atoms with van der Waals surface area (Å²) in [7, 11) is 0. The van der Waals surface area contributed by atoms with Gasteiger partial charge in [-0.1, -0.05) is 18.2 Å². The van der Waals surface area contributed by atoms with Crippen LogP contribution in [0, 0.1) is 5.41 Å². The molecule has 2 aromatic carbocycles. The first kappa shape index (κ1) is 22.4. The van der Waals surface area contributed by atoms with Crippen molar-refractivity contribution in [2.75, 3.05) is 36.5 Å². The van der Waals surface area contributed by atoms with E-state index < -0.39 is 24.0 Å². The standard InChI is InChI=1S/C23H25N5O5/c24-20(25)16-7-1-2-8-17(16)26-21(30)18(29)19-23(32)28(11-12-33-19)15-6-3-5-14(13-15)22(31)27-9-4-10-27/h1-3,5-8,13,18-19,29H,4,9-12H2,(H3,24,25)(H,26,30)/t18-,19-/m1/s1. The fourth-order valence-electron chi connectivity index (χ4n) is 3.77. The SMILES string of the molecule is N=C(N)c1ccccc1NC(=O)[C@H](O)[C@H]1OCCN(c2cccc(C(=O)N3CCC3)c2)C1=O. The lowest BCUT2D eigenvalue weighted by Gasteiger charge is -2.34. The third-order valence-electron chi connectivity index (χ3n) is 5.70. The Morgan fingerprint density at radius 3 is 2.61 bits per heavy atom. The van der Waals surface area contributed by atoms with E-state index in [1.807, 2.05) is 0 Å². The van der Waals surface area contributed by atoms with Crippen LogP contribution in [0.2, 0.25) is 0 Å². The molecular weight excluding hydrogens is 426 g/mol. The Hall–Kier alpha value is -3.76. The molecule has 0 unspecified atom stereocenters. The molecule has 2 atom stereocenters. The number of nitrogens with two attached hydrogens (primary N) is 1. The maximum absolute atomic E-state index is 13.1. The average molecular weight is 451 g/mol. The van der Waals surface area contributed by atoms with Crippen LogP contribution in [-0.2, 0) is 14.3 Å². The molecule has 2 aliphatic rings. The van der Waals surface area contributed by atoms with Crippen molar-refractivity contribution < 1.29 is 24.2 Å². The fourth-order valence-corrected chi connectivity index (χ4v) is 3.77. The van der Waals surface area contributed by atoms with Gasteiger partial charge in [-0.2, -0.15) is 0 Å². The lowest BCUT2D eigenvalue weighted by atomic mass is 10.1. The number of aliphatic hydroxyl groups excluding tert-OH is 1. The van der Waals surface area contributed by atoms with Gasteiger partial charge in [0, 0.05) is 36.4 Å². The zero-order valence-electron chi connectivity index (χ0n) is 17.9. The molecule has 0 radical (unpaired) electrons. The number of nitrogens with zero attached hydrogens (tertiary/aromatic N) is 2. The van der Waals surface area contributed by atoms with Gasteiger partial charge in [-0.25, -0.2) is 0 Å². The Morgan fingerprint density at radius 2 is 1.91 bits per heavy atom. The van der Waals surface area contributed by atoms with Crippen LogP contribution in [-0.4, -0.2) is 72.0 Å². The first-order valence-electron chi connectivity index (χ1n) is 10.6. The van der Waals surface area contributed by atoms with Crippen LogP contribution in [0.1, 0.15) is 22.3 Å². The molecule has 2 aromatic rings. The number of ether oxygens (including phenoxy) is 1. The smallest absolute Gasteiger partial charge is 0.259 e. The van der Waals surface area contributed by atoms with Crippen LogP contribution in [0.15, 0.2) is 48.5 Å². The Kier molecular flexibility index (Phi) is 6.38. The first-order chi connectivity index (χ1) is 15.9. The van der Waals surface area contributed by atoms with Gasteiger partial charge in [0.25, 0.3) is 17.7 Å². The molecule has 10 nitrogen and oxygen atoms in total. The number of hydrogen-bond acceptors (Lipinski definition) is 6. The highest BCUT2D eigenvalue weighted by molar-refractivity contribution is 6.07. The largest absolute Gasteiger partial charge is 0.384 e. The molecule has 0 aliphatic carbocycles. The Balaban J connectivity index is 1.49. The van der Waals surface area contributed by atoms with Crippen molar-refractivity contribution in [2.24, 2.45) is 5.73 Å². The predicted molar refractivity (Wildman–Crippen MR) is 121 cm³/mol. The summed E-state index contributed by atoms with van der Waals surface area (Å²) in [6, 6.07) is 13.1. The molecule has 2 aliphatic heterocycles. The van der Waals surface area contributed by atoms with E-state index in [0.717, 1.165) is 19.5 Å². The summed E-state index contributed by atoms with van der Waals surface area (Å²) in [6.45, 7) is 1.76. The summed E-state index contributed by atoms with van der Waals surface area (Å²) in [5.74, 6) is -1.78. The van der Waals surface area contributed by atoms with Crippen LogP contribution in [0.25, 0.3) is 0 Å². The van der Waals surface area contributed by atoms with Gasteiger partial charge in [0.1, 0.15) is 5.84 Å². The number of rotatable bonds is 6. The second kappa shape index (κ2) is 9.39. The van der Waals surface area contributed by atoms with Gasteiger partial charge in [-0.05, 0) is 36.8 Å². The second-order valence-corrected chi connectivity index (χ2v) is 7.87. The first-order valence-corrected chi connectivity index (χ1v) is 10.6. The molecule has 33 heavy (non-hydrogen) atoms. The number of likely N-dealkylation sites (tertiary alicyclic amines) is 1. The molecule has 2 saturated heterocycles. The van der Waals surface area contributed by atoms with Crippen molar-refractivity contribution in [3.63, 3.8) is 0 Å². The number of nitrogens with one attached hydrogen (secondary N) is 2. The number of amides is 3. The molecule has 3 amide bonds. The number of aliphatic hydroxyl groups is 1. The minimum atomic E-state index is -1.79. The zero-order valence-corrected chi connectivity index (χ0v) is 17.9. The molecule has 0 bridgehead atoms. The number of carbonyl (C=O) groups excluding carboxylic acids is 3. The number of morpholine rings is 1. The molecule has 0 saturated carbocycles. The van der Waals surface area contributed by atoms with Gasteiger partial charge in [0.2, 0.25) is 0 Å². The summed E-state index contributed by atoms with van der Waals surface area (Å²) in [5.41, 5.74) is 7.04. The molecule has 5 N–H and O–H groups in total. The number of carbonyl (C=O) groups is 3. The van der Waals surface area contributed by atoms with Crippen molar-refractivity contribution in [1.29, 1.82) is 5.41 Å². The maximum Gasteiger partial charge on any atom is 0.259 e. The quantitative estimate of drug-likeness (QED) is 0.372. The number of anilines is 2. The highest BCUT2D eigenvalue weighted by Gasteiger charge is 2.39. The molecule has 4 rings (SSSR count). The minimum absolute atomic E-state index is 0.0936. The Morgan fingerprint density at radius 1 is 1.15 bits per heavy atom. The topological polar surface area (TPSA) is 149 Å². The molecule has 0 spiro atoms. The van der Waals surface area contributed by atoms with E-state index in [-0.39, 0.29) is 30.6 Å². The highest BCUT2D eigenvalue weighted by atomic mass is 16.5. The van der Waals surface area contributed by atoms with E-state index in [0.29, 0.717) is 16.8 Å². The number of amidine groups is 1. The predicted octanol–water partition coefficient (Wildman–Crippen LogP) is 0.548. The monoisotopic (exact) mass is 451 g/mol. The summed E-state index contributed by atoms with van der Waals surface area (Å²) in [6.07, 6.45) is -2.23. The lowest BCUT2D eigenvalue weighted by molar-refractivity contribution is -0.150. The Bertz CT molecular complexity index is 1100. The van der Waals surface area contributed by atoms with Crippen molar-refractivity contribution in [2.45, 2.75) is 18.6 Å². The number of hydrogen-bond donors (Lipinski definition) is 4. The molecular formula is C23H25N5O5. The Labute approximate surface area is 190 Å². The maximum atomic E-state index is 13.1. The van der Waals surface area contributed by atoms with E-state index in [1.54, 1.807) is 47.4 Å². The van der Waals surface area contributed by atoms with E-state index in [1.165, 1.54) is 11.0 Å². The van der Waals surface area contributed by atoms with Crippen LogP contribution >= 0.6 is 0 Å². The van der Waals surface area contributed by atoms with Crippen molar-refractivity contribution in [3.05, 3.63) is 59.7 Å². The van der Waals surface area contributed by atoms with Crippen molar-refractivity contribution in [3.8, 4) is 0 Å². The molecule has 2 fully saturated rings. The summed E-state index contributed by atoms with van der Waals surface area (Å²) < 4.78 is 5.44. The second-order valence-electron chi connectivity index (χ2n) is 7.87. The van der Waals surface area contributed by atoms with Gasteiger partial charge in [-0.15, -0.1) is 0 Å². The summed E-state index contributed by atoms with van der Waals surface area (Å²) >= 11 is 0. The molecule has 10 heteroatoms. The highest BCUT2D eigenvalue weighted by Crippen LogP contribution is 2.24. The van der Waals surface area contributed by atoms with Gasteiger partial charge < -0.3 is 30.7 Å². The third-order valence-corrected chi connectivity index (χ3v) is 5.70. The van der Waals surface area contributed by atoms with Gasteiger partial charge in [-0.3, -0.25) is 19.8 Å². The van der Waals surface area contributed by atoms with Gasteiger partial charge in [0.15, 0.2) is 12.2 Å². The minimum Gasteiger partial charge on any atom is -0.384 e. The molecule has 0 aromatic heterocycles. The van der Waals surface area contributed by atoms with Crippen LogP contribution < -0.4 is 16.0 Å². The number of para-hydroxylation sites is 1. The van der Waals surface area contributed by atoms with Crippen LogP contribution in [0.3, 0.4) is 0 Å². The van der Waals surface area contributed by atoms with Gasteiger partial charge in [0.05, 0.1) is 12.3 Å². The van der Waals surface area contributed by atoms with Crippen LogP contribution in [0.5, 0.6) is 0 Å². The van der Waals surface area contributed by atoms with E-state index in [2.05, 4.69) is 5.32 Å². The summed E-state index contributed by atoms with van der Waals surface area (Å²) in [4.78, 5) is 41.4. The van der Waals surface area contributed by atoms with Crippen molar-refractivity contribution in [1.82, 2.24) is 4.90 Å². The van der Waals surface area contributed by atoms with E-state index in [9.17, 15) is 19.5 Å². The molecule has 172 valence electrons.